The molecular weight excluding hydrogens is 228 g/mol. The van der Waals surface area contributed by atoms with Crippen LogP contribution in [0, 0.1) is 0 Å². The zero-order valence-electron chi connectivity index (χ0n) is 10.3. The van der Waals surface area contributed by atoms with E-state index in [0.717, 1.165) is 18.4 Å². The Hall–Kier alpha value is -1.78. The number of fused-ring (bicyclic) bond motifs is 1. The first-order chi connectivity index (χ1) is 8.75. The maximum absolute atomic E-state index is 9.52. The molecule has 2 aromatic rings. The summed E-state index contributed by atoms with van der Waals surface area (Å²) in [5, 5.41) is 9.52. The van der Waals surface area contributed by atoms with Gasteiger partial charge in [0.15, 0.2) is 5.65 Å². The van der Waals surface area contributed by atoms with Gasteiger partial charge in [-0.05, 0) is 18.9 Å². The second-order valence-electron chi connectivity index (χ2n) is 5.00. The number of hydrogen-bond donors (Lipinski definition) is 2. The number of anilines is 1. The van der Waals surface area contributed by atoms with Crippen molar-refractivity contribution in [1.82, 2.24) is 14.5 Å². The number of aromatic hydroxyl groups is 1. The molecule has 5 nitrogen and oxygen atoms in total. The number of hydrogen-bond acceptors (Lipinski definition) is 4. The van der Waals surface area contributed by atoms with Gasteiger partial charge in [0.05, 0.1) is 0 Å². The van der Waals surface area contributed by atoms with E-state index in [0.29, 0.717) is 17.6 Å². The Morgan fingerprint density at radius 1 is 1.11 bits per heavy atom. The van der Waals surface area contributed by atoms with Crippen LogP contribution in [-0.2, 0) is 0 Å². The summed E-state index contributed by atoms with van der Waals surface area (Å²) in [6.45, 7) is 0. The lowest BCUT2D eigenvalue weighted by Gasteiger charge is -2.17. The molecule has 1 saturated carbocycles. The van der Waals surface area contributed by atoms with Crippen molar-refractivity contribution < 1.29 is 5.11 Å². The van der Waals surface area contributed by atoms with Crippen molar-refractivity contribution in [3.05, 3.63) is 12.1 Å². The summed E-state index contributed by atoms with van der Waals surface area (Å²) in [6.07, 6.45) is 7.27. The second-order valence-corrected chi connectivity index (χ2v) is 5.00. The van der Waals surface area contributed by atoms with Crippen molar-refractivity contribution in [2.24, 2.45) is 0 Å². The van der Waals surface area contributed by atoms with E-state index in [1.807, 2.05) is 4.57 Å². The summed E-state index contributed by atoms with van der Waals surface area (Å²) in [5.41, 5.74) is 7.48. The highest BCUT2D eigenvalue weighted by atomic mass is 16.3. The quantitative estimate of drug-likeness (QED) is 0.758. The molecule has 0 aliphatic heterocycles. The van der Waals surface area contributed by atoms with Gasteiger partial charge >= 0.3 is 0 Å². The molecule has 0 aromatic carbocycles. The Kier molecular flexibility index (Phi) is 2.81. The van der Waals surface area contributed by atoms with E-state index >= 15 is 0 Å². The van der Waals surface area contributed by atoms with E-state index in [1.165, 1.54) is 25.7 Å². The molecule has 2 aromatic heterocycles. The molecule has 0 unspecified atom stereocenters. The summed E-state index contributed by atoms with van der Waals surface area (Å²) in [4.78, 5) is 8.51. The van der Waals surface area contributed by atoms with Crippen molar-refractivity contribution in [2.75, 3.05) is 5.73 Å². The van der Waals surface area contributed by atoms with Crippen molar-refractivity contribution in [1.29, 1.82) is 0 Å². The lowest BCUT2D eigenvalue weighted by atomic mass is 10.1. The molecule has 0 bridgehead atoms. The van der Waals surface area contributed by atoms with Gasteiger partial charge in [-0.2, -0.15) is 4.98 Å². The summed E-state index contributed by atoms with van der Waals surface area (Å²) < 4.78 is 2.00. The van der Waals surface area contributed by atoms with Gasteiger partial charge in [-0.15, -0.1) is 0 Å². The molecule has 2 heterocycles. The highest BCUT2D eigenvalue weighted by Crippen LogP contribution is 2.32. The van der Waals surface area contributed by atoms with E-state index in [1.54, 1.807) is 12.1 Å². The maximum atomic E-state index is 9.52. The van der Waals surface area contributed by atoms with Crippen LogP contribution in [0.1, 0.15) is 44.6 Å². The number of nitrogens with two attached hydrogens (primary N) is 1. The fraction of sp³-hybridized carbons (Fsp3) is 0.538. The maximum Gasteiger partial charge on any atom is 0.212 e. The molecule has 96 valence electrons. The molecule has 18 heavy (non-hydrogen) atoms. The minimum atomic E-state index is 0.0253. The lowest BCUT2D eigenvalue weighted by Crippen LogP contribution is -2.11. The molecule has 1 aliphatic carbocycles. The smallest absolute Gasteiger partial charge is 0.212 e. The largest absolute Gasteiger partial charge is 0.493 e. The van der Waals surface area contributed by atoms with Gasteiger partial charge < -0.3 is 10.8 Å². The Morgan fingerprint density at radius 3 is 2.56 bits per heavy atom. The molecule has 0 spiro atoms. The van der Waals surface area contributed by atoms with Crippen LogP contribution in [0.5, 0.6) is 5.88 Å². The van der Waals surface area contributed by atoms with Crippen molar-refractivity contribution in [2.45, 2.75) is 44.6 Å². The van der Waals surface area contributed by atoms with E-state index in [4.69, 9.17) is 5.73 Å². The van der Waals surface area contributed by atoms with E-state index < -0.39 is 0 Å². The van der Waals surface area contributed by atoms with E-state index in [9.17, 15) is 5.11 Å². The lowest BCUT2D eigenvalue weighted by molar-refractivity contribution is 0.443. The fourth-order valence-electron chi connectivity index (χ4n) is 2.86. The predicted molar refractivity (Wildman–Crippen MR) is 70.3 cm³/mol. The predicted octanol–water partition coefficient (Wildman–Crippen LogP) is 2.61. The first-order valence-corrected chi connectivity index (χ1v) is 6.59. The van der Waals surface area contributed by atoms with Crippen molar-refractivity contribution in [3.8, 4) is 5.88 Å². The summed E-state index contributed by atoms with van der Waals surface area (Å²) in [6, 6.07) is 3.68. The average molecular weight is 246 g/mol. The Balaban J connectivity index is 2.08. The molecule has 3 N–H and O–H groups in total. The van der Waals surface area contributed by atoms with Crippen LogP contribution in [0.15, 0.2) is 12.1 Å². The summed E-state index contributed by atoms with van der Waals surface area (Å²) in [5.74, 6) is 0.535. The fourth-order valence-corrected chi connectivity index (χ4v) is 2.86. The molecule has 1 aliphatic rings. The van der Waals surface area contributed by atoms with Crippen molar-refractivity contribution in [3.63, 3.8) is 0 Å². The summed E-state index contributed by atoms with van der Waals surface area (Å²) >= 11 is 0. The van der Waals surface area contributed by atoms with Crippen molar-refractivity contribution >= 4 is 17.1 Å². The molecule has 5 heteroatoms. The topological polar surface area (TPSA) is 77.0 Å². The second kappa shape index (κ2) is 4.48. The van der Waals surface area contributed by atoms with Gasteiger partial charge in [-0.25, -0.2) is 4.98 Å². The number of nitrogen functional groups attached to an aromatic ring is 1. The van der Waals surface area contributed by atoms with Gasteiger partial charge in [0.1, 0.15) is 5.52 Å². The third-order valence-electron chi connectivity index (χ3n) is 3.74. The average Bonchev–Trinajstić information content (AvgIpc) is 2.55. The minimum absolute atomic E-state index is 0.0253. The molecule has 1 fully saturated rings. The van der Waals surface area contributed by atoms with Crippen LogP contribution in [0.3, 0.4) is 0 Å². The highest BCUT2D eigenvalue weighted by Gasteiger charge is 2.20. The SMILES string of the molecule is Nc1nc2ccc(O)nc2n1C1CCCCCC1. The molecule has 0 radical (unpaired) electrons. The van der Waals surface area contributed by atoms with Gasteiger partial charge in [-0.3, -0.25) is 4.57 Å². The standard InChI is InChI=1S/C13H18N4O/c14-13-15-10-7-8-11(18)16-12(10)17(13)9-5-3-1-2-4-6-9/h7-9H,1-6H2,(H2,14,15)(H,16,18). The van der Waals surface area contributed by atoms with Gasteiger partial charge in [-0.1, -0.05) is 25.7 Å². The normalized spacial score (nSPS) is 18.0. The first kappa shape index (κ1) is 11.3. The third kappa shape index (κ3) is 1.89. The number of imidazole rings is 1. The zero-order chi connectivity index (χ0) is 12.5. The molecule has 3 rings (SSSR count). The van der Waals surface area contributed by atoms with Crippen LogP contribution in [-0.4, -0.2) is 19.6 Å². The molecule has 0 atom stereocenters. The van der Waals surface area contributed by atoms with Crippen LogP contribution in [0.2, 0.25) is 0 Å². The van der Waals surface area contributed by atoms with Gasteiger partial charge in [0, 0.05) is 12.1 Å². The van der Waals surface area contributed by atoms with E-state index in [2.05, 4.69) is 9.97 Å². The van der Waals surface area contributed by atoms with Crippen LogP contribution >= 0.6 is 0 Å². The van der Waals surface area contributed by atoms with Crippen LogP contribution < -0.4 is 5.73 Å². The number of pyridine rings is 1. The van der Waals surface area contributed by atoms with Gasteiger partial charge in [0.2, 0.25) is 11.8 Å². The highest BCUT2D eigenvalue weighted by molar-refractivity contribution is 5.75. The zero-order valence-corrected chi connectivity index (χ0v) is 10.3. The van der Waals surface area contributed by atoms with Gasteiger partial charge in [0.25, 0.3) is 0 Å². The van der Waals surface area contributed by atoms with Crippen LogP contribution in [0.4, 0.5) is 5.95 Å². The van der Waals surface area contributed by atoms with E-state index in [-0.39, 0.29) is 5.88 Å². The Labute approximate surface area is 106 Å². The number of aromatic nitrogens is 3. The molecule has 0 saturated heterocycles. The first-order valence-electron chi connectivity index (χ1n) is 6.59. The van der Waals surface area contributed by atoms with Crippen LogP contribution in [0.25, 0.3) is 11.2 Å². The number of nitrogens with zero attached hydrogens (tertiary/aromatic N) is 3. The summed E-state index contributed by atoms with van der Waals surface area (Å²) in [7, 11) is 0. The minimum Gasteiger partial charge on any atom is -0.493 e. The monoisotopic (exact) mass is 246 g/mol. The molecule has 0 amide bonds. The number of rotatable bonds is 1. The Morgan fingerprint density at radius 2 is 1.83 bits per heavy atom. The Bertz CT molecular complexity index is 555. The molecular formula is C13H18N4O. The third-order valence-corrected chi connectivity index (χ3v) is 3.74.